The first-order chi connectivity index (χ1) is 7.45. The highest BCUT2D eigenvalue weighted by Crippen LogP contribution is 2.31. The predicted octanol–water partition coefficient (Wildman–Crippen LogP) is 1.78. The fourth-order valence-electron chi connectivity index (χ4n) is 0.930. The molecule has 0 bridgehead atoms. The van der Waals surface area contributed by atoms with Crippen LogP contribution in [0.2, 0.25) is 0 Å². The van der Waals surface area contributed by atoms with Gasteiger partial charge in [-0.3, -0.25) is 0 Å². The highest BCUT2D eigenvalue weighted by Gasteiger charge is 2.36. The topological polar surface area (TPSA) is 74.2 Å². The Kier molecular flexibility index (Phi) is 4.57. The lowest BCUT2D eigenvalue weighted by Gasteiger charge is -2.06. The number of alkyl halides is 3. The fourth-order valence-corrected chi connectivity index (χ4v) is 1.01. The predicted molar refractivity (Wildman–Crippen MR) is 52.1 cm³/mol. The Hall–Kier alpha value is -0.790. The molecule has 0 aliphatic carbocycles. The molecule has 92 valence electrons. The molecule has 0 saturated carbocycles. The number of aromatic nitrogens is 2. The van der Waals surface area contributed by atoms with Crippen molar-refractivity contribution in [3.8, 4) is 0 Å². The minimum Gasteiger partial charge on any atom is -0.379 e. The second kappa shape index (κ2) is 5.51. The van der Waals surface area contributed by atoms with Gasteiger partial charge in [-0.05, 0) is 18.0 Å². The van der Waals surface area contributed by atoms with Crippen molar-refractivity contribution in [1.29, 1.82) is 0 Å². The first-order valence-corrected chi connectivity index (χ1v) is 5.07. The van der Waals surface area contributed by atoms with Crippen LogP contribution in [0.1, 0.15) is 31.1 Å². The summed E-state index contributed by atoms with van der Waals surface area (Å²) in [6.45, 7) is 2.61. The monoisotopic (exact) mass is 255 g/mol. The maximum atomic E-state index is 12.5. The van der Waals surface area contributed by atoms with E-state index in [0.29, 0.717) is 6.61 Å². The van der Waals surface area contributed by atoms with Crippen molar-refractivity contribution >= 4 is 11.6 Å². The van der Waals surface area contributed by atoms with E-state index in [4.69, 9.17) is 22.1 Å². The molecule has 0 amide bonds. The van der Waals surface area contributed by atoms with Crippen LogP contribution < -0.4 is 5.73 Å². The lowest BCUT2D eigenvalue weighted by Crippen LogP contribution is -2.19. The normalized spacial score (nSPS) is 14.1. The molecule has 0 aliphatic heterocycles. The Morgan fingerprint density at radius 3 is 2.81 bits per heavy atom. The van der Waals surface area contributed by atoms with Crippen molar-refractivity contribution in [2.75, 3.05) is 13.2 Å². The van der Waals surface area contributed by atoms with E-state index in [1.165, 1.54) is 0 Å². The summed E-state index contributed by atoms with van der Waals surface area (Å²) in [7, 11) is 0. The third kappa shape index (κ3) is 3.66. The van der Waals surface area contributed by atoms with Gasteiger partial charge in [0.25, 0.3) is 0 Å². The molecule has 1 atom stereocenters. The summed E-state index contributed by atoms with van der Waals surface area (Å²) < 4.78 is 34.5. The fraction of sp³-hybridized carbons (Fsp3) is 0.750. The molecule has 5 nitrogen and oxygen atoms in total. The summed E-state index contributed by atoms with van der Waals surface area (Å²) in [6, 6.07) is -0.705. The smallest absolute Gasteiger partial charge is 0.379 e. The van der Waals surface area contributed by atoms with Gasteiger partial charge in [0, 0.05) is 6.61 Å². The van der Waals surface area contributed by atoms with E-state index in [-0.39, 0.29) is 12.4 Å². The zero-order valence-electron chi connectivity index (χ0n) is 8.62. The Morgan fingerprint density at radius 2 is 2.31 bits per heavy atom. The van der Waals surface area contributed by atoms with Gasteiger partial charge in [0.05, 0.1) is 12.6 Å². The summed E-state index contributed by atoms with van der Waals surface area (Å²) >= 11 is 4.70. The number of nitrogens with zero attached hydrogens (tertiary/aromatic N) is 2. The maximum Gasteiger partial charge on any atom is 0.400 e. The minimum absolute atomic E-state index is 0.0496. The molecule has 0 fully saturated rings. The van der Waals surface area contributed by atoms with Crippen molar-refractivity contribution in [2.24, 2.45) is 5.73 Å². The molecule has 0 aliphatic rings. The summed E-state index contributed by atoms with van der Waals surface area (Å²) in [6.07, 6.45) is 0.837. The number of ether oxygens (including phenoxy) is 1. The molecule has 0 saturated heterocycles. The summed E-state index contributed by atoms with van der Waals surface area (Å²) in [5.74, 6) is -1.01. The molecule has 8 heteroatoms. The van der Waals surface area contributed by atoms with Crippen LogP contribution in [0.3, 0.4) is 0 Å². The van der Waals surface area contributed by atoms with Gasteiger partial charge < -0.3 is 15.0 Å². The Bertz CT molecular complexity index is 329. The van der Waals surface area contributed by atoms with E-state index >= 15 is 0 Å². The van der Waals surface area contributed by atoms with Gasteiger partial charge in [-0.1, -0.05) is 12.1 Å². The van der Waals surface area contributed by atoms with Crippen LogP contribution in [-0.4, -0.2) is 23.4 Å². The molecule has 0 spiro atoms. The van der Waals surface area contributed by atoms with E-state index in [9.17, 15) is 8.78 Å². The first-order valence-electron chi connectivity index (χ1n) is 4.69. The van der Waals surface area contributed by atoms with Gasteiger partial charge in [-0.2, -0.15) is 13.8 Å². The average molecular weight is 256 g/mol. The van der Waals surface area contributed by atoms with E-state index in [1.54, 1.807) is 0 Å². The summed E-state index contributed by atoms with van der Waals surface area (Å²) in [4.78, 5) is 3.40. The van der Waals surface area contributed by atoms with Crippen LogP contribution in [-0.2, 0) is 10.1 Å². The highest BCUT2D eigenvalue weighted by atomic mass is 35.5. The largest absolute Gasteiger partial charge is 0.400 e. The number of nitrogens with two attached hydrogens (primary N) is 1. The molecule has 1 aromatic heterocycles. The average Bonchev–Trinajstić information content (AvgIpc) is 2.66. The molecule has 2 N–H and O–H groups in total. The second-order valence-electron chi connectivity index (χ2n) is 3.14. The Balaban J connectivity index is 2.56. The van der Waals surface area contributed by atoms with Gasteiger partial charge in [0.15, 0.2) is 5.82 Å². The zero-order chi connectivity index (χ0) is 12.2. The lowest BCUT2D eigenvalue weighted by atomic mass is 10.3. The minimum atomic E-state index is -3.67. The molecule has 1 rings (SSSR count). The van der Waals surface area contributed by atoms with Crippen molar-refractivity contribution in [2.45, 2.75) is 24.8 Å². The van der Waals surface area contributed by atoms with Gasteiger partial charge >= 0.3 is 11.3 Å². The zero-order valence-corrected chi connectivity index (χ0v) is 9.38. The molecule has 1 unspecified atom stereocenters. The maximum absolute atomic E-state index is 12.5. The Morgan fingerprint density at radius 1 is 1.62 bits per heavy atom. The molecule has 0 aromatic carbocycles. The van der Waals surface area contributed by atoms with E-state index < -0.39 is 17.3 Å². The highest BCUT2D eigenvalue weighted by molar-refractivity contribution is 6.21. The van der Waals surface area contributed by atoms with Crippen molar-refractivity contribution < 1.29 is 18.0 Å². The van der Waals surface area contributed by atoms with Crippen molar-refractivity contribution in [1.82, 2.24) is 10.1 Å². The molecule has 16 heavy (non-hydrogen) atoms. The van der Waals surface area contributed by atoms with Crippen LogP contribution in [0, 0.1) is 0 Å². The van der Waals surface area contributed by atoms with E-state index in [2.05, 4.69) is 14.7 Å². The van der Waals surface area contributed by atoms with Gasteiger partial charge in [-0.15, -0.1) is 0 Å². The van der Waals surface area contributed by atoms with Crippen molar-refractivity contribution in [3.05, 3.63) is 11.7 Å². The van der Waals surface area contributed by atoms with Gasteiger partial charge in [0.2, 0.25) is 0 Å². The second-order valence-corrected chi connectivity index (χ2v) is 3.61. The first kappa shape index (κ1) is 13.3. The van der Waals surface area contributed by atoms with Crippen LogP contribution in [0.25, 0.3) is 0 Å². The standard InChI is InChI=1S/C8H12ClF2N3O2/c1-2-3-15-4-5(12)6-13-7(16-14-6)8(9,10)11/h5H,2-4,12H2,1H3. The van der Waals surface area contributed by atoms with Gasteiger partial charge in [-0.25, -0.2) is 0 Å². The molecule has 1 heterocycles. The quantitative estimate of drug-likeness (QED) is 0.620. The molecular formula is C8H12ClF2N3O2. The van der Waals surface area contributed by atoms with Crippen LogP contribution in [0.15, 0.2) is 4.52 Å². The number of rotatable bonds is 6. The SMILES string of the molecule is CCCOCC(N)c1noc(C(F)(F)Cl)n1. The van der Waals surface area contributed by atoms with Crippen molar-refractivity contribution in [3.63, 3.8) is 0 Å². The van der Waals surface area contributed by atoms with Crippen LogP contribution in [0.4, 0.5) is 8.78 Å². The molecule has 0 radical (unpaired) electrons. The van der Waals surface area contributed by atoms with Gasteiger partial charge in [0.1, 0.15) is 0 Å². The molecular weight excluding hydrogens is 244 g/mol. The molecule has 1 aromatic rings. The number of halogens is 3. The summed E-state index contributed by atoms with van der Waals surface area (Å²) in [5, 5.41) is -0.366. The summed E-state index contributed by atoms with van der Waals surface area (Å²) in [5.41, 5.74) is 5.59. The van der Waals surface area contributed by atoms with E-state index in [0.717, 1.165) is 6.42 Å². The van der Waals surface area contributed by atoms with Crippen LogP contribution in [0.5, 0.6) is 0 Å². The number of hydrogen-bond donors (Lipinski definition) is 1. The Labute approximate surface area is 95.9 Å². The van der Waals surface area contributed by atoms with E-state index in [1.807, 2.05) is 6.92 Å². The lowest BCUT2D eigenvalue weighted by molar-refractivity contribution is 0.0550. The van der Waals surface area contributed by atoms with Crippen LogP contribution >= 0.6 is 11.6 Å². The third-order valence-electron chi connectivity index (χ3n) is 1.66. The third-order valence-corrected chi connectivity index (χ3v) is 1.82. The number of hydrogen-bond acceptors (Lipinski definition) is 5.